The zero-order valence-electron chi connectivity index (χ0n) is 12.2. The third-order valence-corrected chi connectivity index (χ3v) is 4.91. The third kappa shape index (κ3) is 2.46. The molecule has 6 heteroatoms. The summed E-state index contributed by atoms with van der Waals surface area (Å²) in [5, 5.41) is 5.54. The van der Waals surface area contributed by atoms with Gasteiger partial charge in [-0.25, -0.2) is 4.98 Å². The van der Waals surface area contributed by atoms with Gasteiger partial charge in [0, 0.05) is 11.1 Å². The maximum Gasteiger partial charge on any atom is 0.251 e. The number of benzene rings is 1. The monoisotopic (exact) mass is 313 g/mol. The van der Waals surface area contributed by atoms with Crippen LogP contribution in [0.1, 0.15) is 12.5 Å². The van der Waals surface area contributed by atoms with Crippen LogP contribution < -0.4 is 10.6 Å². The van der Waals surface area contributed by atoms with Crippen LogP contribution in [-0.2, 0) is 9.59 Å². The molecule has 2 aromatic rings. The fourth-order valence-electron chi connectivity index (χ4n) is 2.16. The Morgan fingerprint density at radius 1 is 1.27 bits per heavy atom. The summed E-state index contributed by atoms with van der Waals surface area (Å²) in [6.07, 6.45) is 1.61. The maximum absolute atomic E-state index is 12.6. The van der Waals surface area contributed by atoms with Crippen LogP contribution in [0.25, 0.3) is 0 Å². The van der Waals surface area contributed by atoms with E-state index in [-0.39, 0.29) is 11.8 Å². The number of hydrogen-bond acceptors (Lipinski definition) is 4. The Bertz CT molecular complexity index is 763. The number of nitrogens with zero attached hydrogens (tertiary/aromatic N) is 1. The van der Waals surface area contributed by atoms with Crippen molar-refractivity contribution >= 4 is 35.1 Å². The number of pyridine rings is 1. The van der Waals surface area contributed by atoms with Crippen LogP contribution in [0.2, 0.25) is 0 Å². The van der Waals surface area contributed by atoms with Crippen molar-refractivity contribution in [3.8, 4) is 0 Å². The molecule has 3 rings (SSSR count). The predicted octanol–water partition coefficient (Wildman–Crippen LogP) is 2.83. The van der Waals surface area contributed by atoms with Crippen molar-refractivity contribution in [3.05, 3.63) is 48.2 Å². The van der Waals surface area contributed by atoms with E-state index in [4.69, 9.17) is 0 Å². The molecule has 0 spiro atoms. The molecular formula is C16H15N3O2S. The molecule has 1 aromatic heterocycles. The van der Waals surface area contributed by atoms with Gasteiger partial charge in [0.05, 0.1) is 5.69 Å². The SMILES string of the molecule is Cc1cccnc1NC(=O)C1(C)Sc2ccccc2NC1=O. The first-order valence-corrected chi connectivity index (χ1v) is 7.65. The molecule has 2 N–H and O–H groups in total. The van der Waals surface area contributed by atoms with E-state index in [2.05, 4.69) is 15.6 Å². The highest BCUT2D eigenvalue weighted by molar-refractivity contribution is 8.02. The average molecular weight is 313 g/mol. The molecule has 0 fully saturated rings. The van der Waals surface area contributed by atoms with Crippen LogP contribution in [0.4, 0.5) is 11.5 Å². The van der Waals surface area contributed by atoms with Crippen molar-refractivity contribution in [2.24, 2.45) is 0 Å². The predicted molar refractivity (Wildman–Crippen MR) is 86.9 cm³/mol. The molecule has 22 heavy (non-hydrogen) atoms. The van der Waals surface area contributed by atoms with Crippen molar-refractivity contribution in [1.82, 2.24) is 4.98 Å². The topological polar surface area (TPSA) is 71.1 Å². The number of carbonyl (C=O) groups excluding carboxylic acids is 2. The Morgan fingerprint density at radius 3 is 2.82 bits per heavy atom. The zero-order valence-corrected chi connectivity index (χ0v) is 13.0. The molecule has 112 valence electrons. The quantitative estimate of drug-likeness (QED) is 0.836. The highest BCUT2D eigenvalue weighted by Crippen LogP contribution is 2.42. The summed E-state index contributed by atoms with van der Waals surface area (Å²) in [5.74, 6) is -0.241. The number of aryl methyl sites for hydroxylation is 1. The van der Waals surface area contributed by atoms with E-state index in [1.165, 1.54) is 11.8 Å². The van der Waals surface area contributed by atoms with Crippen molar-refractivity contribution in [2.45, 2.75) is 23.5 Å². The summed E-state index contributed by atoms with van der Waals surface area (Å²) in [7, 11) is 0. The second-order valence-electron chi connectivity index (χ2n) is 5.21. The van der Waals surface area contributed by atoms with Gasteiger partial charge in [-0.1, -0.05) is 30.0 Å². The van der Waals surface area contributed by atoms with Crippen LogP contribution in [0, 0.1) is 6.92 Å². The number of aromatic nitrogens is 1. The minimum Gasteiger partial charge on any atom is -0.323 e. The highest BCUT2D eigenvalue weighted by atomic mass is 32.2. The Labute approximate surface area is 132 Å². The Kier molecular flexibility index (Phi) is 3.62. The highest BCUT2D eigenvalue weighted by Gasteiger charge is 2.46. The molecule has 0 bridgehead atoms. The van der Waals surface area contributed by atoms with Crippen LogP contribution >= 0.6 is 11.8 Å². The van der Waals surface area contributed by atoms with Crippen LogP contribution in [-0.4, -0.2) is 21.5 Å². The first-order valence-electron chi connectivity index (χ1n) is 6.83. The smallest absolute Gasteiger partial charge is 0.251 e. The number of amides is 2. The van der Waals surface area contributed by atoms with E-state index in [0.717, 1.165) is 16.1 Å². The molecule has 0 saturated carbocycles. The van der Waals surface area contributed by atoms with E-state index < -0.39 is 4.75 Å². The lowest BCUT2D eigenvalue weighted by Crippen LogP contribution is -2.49. The fraction of sp³-hybridized carbons (Fsp3) is 0.188. The van der Waals surface area contributed by atoms with Crippen molar-refractivity contribution in [2.75, 3.05) is 10.6 Å². The normalized spacial score (nSPS) is 20.0. The molecule has 0 radical (unpaired) electrons. The van der Waals surface area contributed by atoms with Gasteiger partial charge >= 0.3 is 0 Å². The van der Waals surface area contributed by atoms with Crippen LogP contribution in [0.3, 0.4) is 0 Å². The lowest BCUT2D eigenvalue weighted by Gasteiger charge is -2.31. The lowest BCUT2D eigenvalue weighted by molar-refractivity contribution is -0.126. The van der Waals surface area contributed by atoms with E-state index in [0.29, 0.717) is 5.82 Å². The van der Waals surface area contributed by atoms with Gasteiger partial charge in [0.2, 0.25) is 5.91 Å². The number of rotatable bonds is 2. The molecule has 0 saturated heterocycles. The minimum atomic E-state index is -1.24. The van der Waals surface area contributed by atoms with Gasteiger partial charge in [-0.3, -0.25) is 9.59 Å². The van der Waals surface area contributed by atoms with Gasteiger partial charge in [0.15, 0.2) is 4.75 Å². The molecule has 2 heterocycles. The fourth-order valence-corrected chi connectivity index (χ4v) is 3.26. The Balaban J connectivity index is 1.89. The summed E-state index contributed by atoms with van der Waals surface area (Å²) < 4.78 is -1.24. The van der Waals surface area contributed by atoms with E-state index in [1.807, 2.05) is 37.3 Å². The van der Waals surface area contributed by atoms with Gasteiger partial charge in [-0.15, -0.1) is 0 Å². The first kappa shape index (κ1) is 14.6. The summed E-state index contributed by atoms with van der Waals surface area (Å²) in [6, 6.07) is 11.1. The van der Waals surface area contributed by atoms with Gasteiger partial charge in [-0.2, -0.15) is 0 Å². The van der Waals surface area contributed by atoms with E-state index >= 15 is 0 Å². The molecular weight excluding hydrogens is 298 g/mol. The van der Waals surface area contributed by atoms with Gasteiger partial charge in [-0.05, 0) is 37.6 Å². The second kappa shape index (κ2) is 5.46. The number of fused-ring (bicyclic) bond motifs is 1. The van der Waals surface area contributed by atoms with Gasteiger partial charge < -0.3 is 10.6 Å². The molecule has 2 amide bonds. The molecule has 1 aromatic carbocycles. The van der Waals surface area contributed by atoms with Crippen molar-refractivity contribution < 1.29 is 9.59 Å². The van der Waals surface area contributed by atoms with Crippen molar-refractivity contribution in [3.63, 3.8) is 0 Å². The molecule has 5 nitrogen and oxygen atoms in total. The number of thioether (sulfide) groups is 1. The molecule has 0 aliphatic carbocycles. The summed E-state index contributed by atoms with van der Waals surface area (Å²) >= 11 is 1.25. The second-order valence-corrected chi connectivity index (χ2v) is 6.67. The van der Waals surface area contributed by atoms with E-state index in [1.54, 1.807) is 19.2 Å². The Morgan fingerprint density at radius 2 is 2.05 bits per heavy atom. The number of para-hydroxylation sites is 1. The largest absolute Gasteiger partial charge is 0.323 e. The summed E-state index contributed by atoms with van der Waals surface area (Å²) in [5.41, 5.74) is 1.58. The van der Waals surface area contributed by atoms with Gasteiger partial charge in [0.1, 0.15) is 5.82 Å². The maximum atomic E-state index is 12.6. The third-order valence-electron chi connectivity index (χ3n) is 3.56. The molecule has 1 aliphatic rings. The molecule has 1 atom stereocenters. The first-order chi connectivity index (χ1) is 10.5. The van der Waals surface area contributed by atoms with Crippen molar-refractivity contribution in [1.29, 1.82) is 0 Å². The minimum absolute atomic E-state index is 0.331. The number of hydrogen-bond donors (Lipinski definition) is 2. The molecule has 1 unspecified atom stereocenters. The van der Waals surface area contributed by atoms with Crippen LogP contribution in [0.5, 0.6) is 0 Å². The van der Waals surface area contributed by atoms with Gasteiger partial charge in [0.25, 0.3) is 5.91 Å². The van der Waals surface area contributed by atoms with Crippen LogP contribution in [0.15, 0.2) is 47.5 Å². The number of nitrogens with one attached hydrogen (secondary N) is 2. The number of carbonyl (C=O) groups is 2. The Hall–Kier alpha value is -2.34. The van der Waals surface area contributed by atoms with E-state index in [9.17, 15) is 9.59 Å². The standard InChI is InChI=1S/C16H15N3O2S/c1-10-6-5-9-17-13(10)19-15(21)16(2)14(20)18-11-7-3-4-8-12(11)22-16/h3-9H,1-2H3,(H,18,20)(H,17,19,21). The summed E-state index contributed by atoms with van der Waals surface area (Å²) in [4.78, 5) is 30.0. The zero-order chi connectivity index (χ0) is 15.7. The average Bonchev–Trinajstić information content (AvgIpc) is 2.50. The number of anilines is 2. The lowest BCUT2D eigenvalue weighted by atomic mass is 10.1. The molecule has 1 aliphatic heterocycles. The summed E-state index contributed by atoms with van der Waals surface area (Å²) in [6.45, 7) is 3.48.